The van der Waals surface area contributed by atoms with E-state index in [-0.39, 0.29) is 22.6 Å². The fourth-order valence-electron chi connectivity index (χ4n) is 5.08. The summed E-state index contributed by atoms with van der Waals surface area (Å²) in [5, 5.41) is 18.6. The number of likely N-dealkylation sites (tertiary alicyclic amines) is 1. The first-order valence-corrected chi connectivity index (χ1v) is 12.3. The van der Waals surface area contributed by atoms with Crippen LogP contribution in [0, 0.1) is 11.7 Å². The molecule has 0 spiro atoms. The van der Waals surface area contributed by atoms with Crippen molar-refractivity contribution in [2.24, 2.45) is 10.9 Å². The number of carboxylic acid groups (broad SMARTS) is 1. The zero-order chi connectivity index (χ0) is 24.7. The summed E-state index contributed by atoms with van der Waals surface area (Å²) in [5.74, 6) is -1.50. The highest BCUT2D eigenvalue weighted by molar-refractivity contribution is 7.11. The van der Waals surface area contributed by atoms with Crippen molar-refractivity contribution >= 4 is 40.7 Å². The average molecular weight is 520 g/mol. The summed E-state index contributed by atoms with van der Waals surface area (Å²) >= 11 is 7.77. The highest BCUT2D eigenvalue weighted by atomic mass is 35.5. The molecule has 0 radical (unpaired) electrons. The molecular formula is C23H23ClFN5O4S. The van der Waals surface area contributed by atoms with E-state index in [1.165, 1.54) is 36.6 Å². The number of nitrogens with zero attached hydrogens (tertiary/aromatic N) is 3. The summed E-state index contributed by atoms with van der Waals surface area (Å²) in [6.07, 6.45) is 2.45. The van der Waals surface area contributed by atoms with E-state index in [1.54, 1.807) is 6.20 Å². The highest BCUT2D eigenvalue weighted by Gasteiger charge is 2.44. The molecule has 2 aromatic rings. The van der Waals surface area contributed by atoms with Gasteiger partial charge in [0.05, 0.1) is 12.7 Å². The van der Waals surface area contributed by atoms with Crippen LogP contribution >= 0.6 is 22.9 Å². The number of esters is 1. The Morgan fingerprint density at radius 3 is 2.89 bits per heavy atom. The van der Waals surface area contributed by atoms with Crippen molar-refractivity contribution in [3.8, 4) is 0 Å². The number of amidine groups is 1. The monoisotopic (exact) mass is 519 g/mol. The number of nitrogens with one attached hydrogen (secondary N) is 2. The number of carboxylic acids is 1. The molecule has 1 aromatic carbocycles. The molecule has 3 aliphatic rings. The standard InChI is InChI=1S/C23H23ClFN5O4S/c1-34-23(33)17-16(10-30-8-11-6-13(9-30)27-18(11)22(31)32)28-20(21-26-4-5-35-21)29-19(17)14-3-2-12(25)7-15(14)24/h2-5,7,11,13,18-19,27H,6,8-10H2,1H3,(H,28,29)(H,31,32)/t11?,13?,18-,19+/m1/s1. The maximum Gasteiger partial charge on any atom is 0.338 e. The predicted molar refractivity (Wildman–Crippen MR) is 128 cm³/mol. The number of carbonyl (C=O) groups is 2. The second-order valence-corrected chi connectivity index (χ2v) is 10.1. The summed E-state index contributed by atoms with van der Waals surface area (Å²) in [6, 6.07) is 2.60. The maximum atomic E-state index is 13.8. The Balaban J connectivity index is 1.54. The minimum atomic E-state index is -0.853. The molecule has 12 heteroatoms. The van der Waals surface area contributed by atoms with Gasteiger partial charge in [-0.3, -0.25) is 14.7 Å². The van der Waals surface area contributed by atoms with Crippen LogP contribution in [0.25, 0.3) is 0 Å². The molecule has 35 heavy (non-hydrogen) atoms. The summed E-state index contributed by atoms with van der Waals surface area (Å²) in [6.45, 7) is 1.53. The summed E-state index contributed by atoms with van der Waals surface area (Å²) in [7, 11) is 1.29. The molecule has 0 amide bonds. The molecule has 2 bridgehead atoms. The molecule has 0 aliphatic carbocycles. The molecule has 4 atom stereocenters. The second kappa shape index (κ2) is 9.65. The Kier molecular flexibility index (Phi) is 6.58. The number of benzene rings is 1. The van der Waals surface area contributed by atoms with Gasteiger partial charge in [0.25, 0.3) is 0 Å². The lowest BCUT2D eigenvalue weighted by atomic mass is 9.93. The maximum absolute atomic E-state index is 13.8. The van der Waals surface area contributed by atoms with E-state index in [9.17, 15) is 19.1 Å². The molecule has 0 saturated carbocycles. The first kappa shape index (κ1) is 23.9. The fourth-order valence-corrected chi connectivity index (χ4v) is 5.94. The molecule has 4 heterocycles. The lowest BCUT2D eigenvalue weighted by molar-refractivity contribution is -0.140. The number of hydrogen-bond acceptors (Lipinski definition) is 9. The molecule has 2 saturated heterocycles. The number of piperidine rings is 1. The van der Waals surface area contributed by atoms with Gasteiger partial charge >= 0.3 is 11.9 Å². The highest BCUT2D eigenvalue weighted by Crippen LogP contribution is 2.37. The van der Waals surface area contributed by atoms with Crippen LogP contribution in [0.5, 0.6) is 0 Å². The zero-order valence-corrected chi connectivity index (χ0v) is 20.3. The normalized spacial score (nSPS) is 26.3. The minimum Gasteiger partial charge on any atom is -0.480 e. The number of halogens is 2. The Labute approximate surface area is 209 Å². The third-order valence-electron chi connectivity index (χ3n) is 6.52. The van der Waals surface area contributed by atoms with Crippen molar-refractivity contribution in [3.63, 3.8) is 0 Å². The van der Waals surface area contributed by atoms with Crippen LogP contribution in [0.2, 0.25) is 5.02 Å². The molecule has 2 unspecified atom stereocenters. The van der Waals surface area contributed by atoms with E-state index >= 15 is 0 Å². The summed E-state index contributed by atoms with van der Waals surface area (Å²) < 4.78 is 18.9. The molecule has 3 N–H and O–H groups in total. The first-order chi connectivity index (χ1) is 16.8. The van der Waals surface area contributed by atoms with Gasteiger partial charge in [-0.15, -0.1) is 11.3 Å². The number of aliphatic imine (C=N–C) groups is 1. The van der Waals surface area contributed by atoms with Gasteiger partial charge in [-0.05, 0) is 24.5 Å². The van der Waals surface area contributed by atoms with Gasteiger partial charge in [-0.1, -0.05) is 17.7 Å². The van der Waals surface area contributed by atoms with Crippen molar-refractivity contribution in [1.29, 1.82) is 0 Å². The number of methoxy groups -OCH3 is 1. The number of thiazole rings is 1. The molecule has 5 rings (SSSR count). The van der Waals surface area contributed by atoms with E-state index < -0.39 is 29.8 Å². The van der Waals surface area contributed by atoms with Gasteiger partial charge in [0.15, 0.2) is 10.8 Å². The van der Waals surface area contributed by atoms with Crippen LogP contribution in [0.3, 0.4) is 0 Å². The molecule has 9 nitrogen and oxygen atoms in total. The van der Waals surface area contributed by atoms with Crippen molar-refractivity contribution in [2.45, 2.75) is 24.5 Å². The van der Waals surface area contributed by atoms with Gasteiger partial charge < -0.3 is 20.5 Å². The lowest BCUT2D eigenvalue weighted by Crippen LogP contribution is -2.45. The van der Waals surface area contributed by atoms with Crippen LogP contribution < -0.4 is 10.6 Å². The van der Waals surface area contributed by atoms with Crippen molar-refractivity contribution in [1.82, 2.24) is 20.5 Å². The minimum absolute atomic E-state index is 0.0357. The number of aromatic nitrogens is 1. The largest absolute Gasteiger partial charge is 0.480 e. The SMILES string of the molecule is COC(=O)C1=C(CN2CC3CC(C2)[C@H](C(=O)O)N3)NC(c2nccs2)=N[C@H]1c1ccc(F)cc1Cl. The van der Waals surface area contributed by atoms with Gasteiger partial charge in [-0.25, -0.2) is 14.2 Å². The van der Waals surface area contributed by atoms with Crippen molar-refractivity contribution < 1.29 is 23.8 Å². The first-order valence-electron chi connectivity index (χ1n) is 11.1. The van der Waals surface area contributed by atoms with E-state index in [0.29, 0.717) is 41.7 Å². The van der Waals surface area contributed by atoms with Crippen molar-refractivity contribution in [3.05, 3.63) is 62.5 Å². The topological polar surface area (TPSA) is 116 Å². The number of rotatable bonds is 6. The molecule has 1 aromatic heterocycles. The smallest absolute Gasteiger partial charge is 0.338 e. The number of fused-ring (bicyclic) bond motifs is 2. The van der Waals surface area contributed by atoms with Crippen LogP contribution in [-0.2, 0) is 14.3 Å². The molecule has 3 aliphatic heterocycles. The van der Waals surface area contributed by atoms with E-state index in [2.05, 4.69) is 20.5 Å². The Hall–Kier alpha value is -2.86. The van der Waals surface area contributed by atoms with Crippen LogP contribution in [0.4, 0.5) is 4.39 Å². The van der Waals surface area contributed by atoms with Gasteiger partial charge in [0.2, 0.25) is 0 Å². The van der Waals surface area contributed by atoms with Crippen molar-refractivity contribution in [2.75, 3.05) is 26.7 Å². The van der Waals surface area contributed by atoms with Crippen LogP contribution in [0.1, 0.15) is 23.0 Å². The van der Waals surface area contributed by atoms with Gasteiger partial charge in [0.1, 0.15) is 17.9 Å². The summed E-state index contributed by atoms with van der Waals surface area (Å²) in [5.41, 5.74) is 1.30. The molecule has 2 fully saturated rings. The molecule has 184 valence electrons. The summed E-state index contributed by atoms with van der Waals surface area (Å²) in [4.78, 5) is 35.9. The number of carbonyl (C=O) groups excluding carboxylic acids is 1. The molecular weight excluding hydrogens is 497 g/mol. The van der Waals surface area contributed by atoms with Crippen LogP contribution in [0.15, 0.2) is 46.0 Å². The van der Waals surface area contributed by atoms with E-state index in [0.717, 1.165) is 6.42 Å². The second-order valence-electron chi connectivity index (χ2n) is 8.76. The third kappa shape index (κ3) is 4.68. The van der Waals surface area contributed by atoms with Gasteiger partial charge in [-0.2, -0.15) is 0 Å². The Morgan fingerprint density at radius 2 is 2.20 bits per heavy atom. The quantitative estimate of drug-likeness (QED) is 0.497. The Morgan fingerprint density at radius 1 is 1.37 bits per heavy atom. The number of hydrogen-bond donors (Lipinski definition) is 3. The lowest BCUT2D eigenvalue weighted by Gasteiger charge is -2.34. The number of aliphatic carboxylic acids is 1. The fraction of sp³-hybridized carbons (Fsp3) is 0.391. The van der Waals surface area contributed by atoms with Gasteiger partial charge in [0, 0.05) is 53.5 Å². The van der Waals surface area contributed by atoms with E-state index in [1.807, 2.05) is 5.38 Å². The van der Waals surface area contributed by atoms with E-state index in [4.69, 9.17) is 21.3 Å². The predicted octanol–water partition coefficient (Wildman–Crippen LogP) is 2.20. The number of ether oxygens (including phenoxy) is 1. The Bertz CT molecular complexity index is 1220. The van der Waals surface area contributed by atoms with Crippen LogP contribution in [-0.4, -0.2) is 71.6 Å². The zero-order valence-electron chi connectivity index (χ0n) is 18.7. The third-order valence-corrected chi connectivity index (χ3v) is 7.62. The average Bonchev–Trinajstić information content (AvgIpc) is 3.46.